The standard InChI is InChI=1S/C15H24N2O2/c1-3-12(16)8-13-5-7-14(9-17-13)18-10-15-6-4-11(2)19-15/h5,7,9,11-12,15H,3-4,6,8,10,16H2,1-2H3. The molecule has 2 heterocycles. The van der Waals surface area contributed by atoms with Crippen molar-refractivity contribution in [2.24, 2.45) is 5.73 Å². The Balaban J connectivity index is 1.78. The van der Waals surface area contributed by atoms with E-state index in [0.717, 1.165) is 37.1 Å². The molecule has 1 aromatic heterocycles. The lowest BCUT2D eigenvalue weighted by Crippen LogP contribution is -2.22. The molecular formula is C15H24N2O2. The van der Waals surface area contributed by atoms with Crippen LogP contribution in [0, 0.1) is 0 Å². The van der Waals surface area contributed by atoms with E-state index in [-0.39, 0.29) is 12.1 Å². The van der Waals surface area contributed by atoms with Crippen LogP contribution in [0.1, 0.15) is 38.8 Å². The van der Waals surface area contributed by atoms with Gasteiger partial charge in [0.05, 0.1) is 18.4 Å². The largest absolute Gasteiger partial charge is 0.489 e. The molecule has 19 heavy (non-hydrogen) atoms. The maximum Gasteiger partial charge on any atom is 0.137 e. The van der Waals surface area contributed by atoms with E-state index >= 15 is 0 Å². The third-order valence-electron chi connectivity index (χ3n) is 3.55. The number of nitrogens with zero attached hydrogens (tertiary/aromatic N) is 1. The van der Waals surface area contributed by atoms with Crippen molar-refractivity contribution in [3.05, 3.63) is 24.0 Å². The molecule has 1 aliphatic rings. The molecule has 0 saturated carbocycles. The molecule has 106 valence electrons. The van der Waals surface area contributed by atoms with Crippen LogP contribution in [0.3, 0.4) is 0 Å². The maximum absolute atomic E-state index is 5.91. The van der Waals surface area contributed by atoms with E-state index in [1.165, 1.54) is 0 Å². The number of rotatable bonds is 6. The van der Waals surface area contributed by atoms with Gasteiger partial charge in [0, 0.05) is 18.2 Å². The summed E-state index contributed by atoms with van der Waals surface area (Å²) in [7, 11) is 0. The number of aromatic nitrogens is 1. The van der Waals surface area contributed by atoms with Gasteiger partial charge >= 0.3 is 0 Å². The van der Waals surface area contributed by atoms with E-state index in [0.29, 0.717) is 12.7 Å². The number of hydrogen-bond donors (Lipinski definition) is 1. The minimum atomic E-state index is 0.188. The van der Waals surface area contributed by atoms with Crippen LogP contribution in [0.2, 0.25) is 0 Å². The number of pyridine rings is 1. The number of hydrogen-bond acceptors (Lipinski definition) is 4. The summed E-state index contributed by atoms with van der Waals surface area (Å²) in [6.45, 7) is 4.80. The minimum absolute atomic E-state index is 0.188. The van der Waals surface area contributed by atoms with Crippen LogP contribution in [0.15, 0.2) is 18.3 Å². The first-order chi connectivity index (χ1) is 9.17. The van der Waals surface area contributed by atoms with Crippen molar-refractivity contribution in [2.75, 3.05) is 6.61 Å². The quantitative estimate of drug-likeness (QED) is 0.856. The Morgan fingerprint density at radius 3 is 2.89 bits per heavy atom. The highest BCUT2D eigenvalue weighted by molar-refractivity contribution is 5.20. The van der Waals surface area contributed by atoms with Gasteiger partial charge in [0.25, 0.3) is 0 Å². The fraction of sp³-hybridized carbons (Fsp3) is 0.667. The molecule has 2 rings (SSSR count). The summed E-state index contributed by atoms with van der Waals surface area (Å²) in [6, 6.07) is 4.14. The van der Waals surface area contributed by atoms with Crippen molar-refractivity contribution >= 4 is 0 Å². The summed E-state index contributed by atoms with van der Waals surface area (Å²) < 4.78 is 11.4. The summed E-state index contributed by atoms with van der Waals surface area (Å²) in [5.74, 6) is 0.803. The maximum atomic E-state index is 5.91. The molecule has 3 atom stereocenters. The highest BCUT2D eigenvalue weighted by atomic mass is 16.5. The molecular weight excluding hydrogens is 240 g/mol. The molecule has 1 aliphatic heterocycles. The van der Waals surface area contributed by atoms with Gasteiger partial charge in [-0.25, -0.2) is 0 Å². The molecule has 4 heteroatoms. The average Bonchev–Trinajstić information content (AvgIpc) is 2.83. The molecule has 0 amide bonds. The van der Waals surface area contributed by atoms with E-state index in [1.54, 1.807) is 6.20 Å². The SMILES string of the molecule is CCC(N)Cc1ccc(OCC2CCC(C)O2)cn1. The molecule has 1 aromatic rings. The molecule has 3 unspecified atom stereocenters. The molecule has 4 nitrogen and oxygen atoms in total. The minimum Gasteiger partial charge on any atom is -0.489 e. The summed E-state index contributed by atoms with van der Waals surface area (Å²) in [5.41, 5.74) is 6.93. The summed E-state index contributed by atoms with van der Waals surface area (Å²) in [4.78, 5) is 4.38. The second kappa shape index (κ2) is 6.87. The average molecular weight is 264 g/mol. The van der Waals surface area contributed by atoms with Crippen LogP contribution in [0.4, 0.5) is 0 Å². The van der Waals surface area contributed by atoms with E-state index in [1.807, 2.05) is 12.1 Å². The Labute approximate surface area is 115 Å². The lowest BCUT2D eigenvalue weighted by atomic mass is 10.1. The third-order valence-corrected chi connectivity index (χ3v) is 3.55. The zero-order valence-corrected chi connectivity index (χ0v) is 11.8. The van der Waals surface area contributed by atoms with Gasteiger partial charge in [0.1, 0.15) is 12.4 Å². The first-order valence-electron chi connectivity index (χ1n) is 7.16. The molecule has 0 aliphatic carbocycles. The Bertz CT molecular complexity index is 380. The second-order valence-corrected chi connectivity index (χ2v) is 5.31. The van der Waals surface area contributed by atoms with Gasteiger partial charge in [-0.05, 0) is 38.3 Å². The van der Waals surface area contributed by atoms with Gasteiger partial charge in [-0.1, -0.05) is 6.92 Å². The summed E-state index contributed by atoms with van der Waals surface area (Å²) >= 11 is 0. The van der Waals surface area contributed by atoms with Crippen molar-refractivity contribution in [3.8, 4) is 5.75 Å². The van der Waals surface area contributed by atoms with Crippen LogP contribution < -0.4 is 10.5 Å². The molecule has 0 bridgehead atoms. The fourth-order valence-electron chi connectivity index (χ4n) is 2.23. The van der Waals surface area contributed by atoms with E-state index in [2.05, 4.69) is 18.8 Å². The van der Waals surface area contributed by atoms with E-state index < -0.39 is 0 Å². The normalized spacial score (nSPS) is 24.4. The van der Waals surface area contributed by atoms with Gasteiger partial charge < -0.3 is 15.2 Å². The Hall–Kier alpha value is -1.13. The fourth-order valence-corrected chi connectivity index (χ4v) is 2.23. The van der Waals surface area contributed by atoms with E-state index in [9.17, 15) is 0 Å². The Morgan fingerprint density at radius 1 is 1.47 bits per heavy atom. The lowest BCUT2D eigenvalue weighted by molar-refractivity contribution is 0.0264. The van der Waals surface area contributed by atoms with E-state index in [4.69, 9.17) is 15.2 Å². The molecule has 0 radical (unpaired) electrons. The van der Waals surface area contributed by atoms with Crippen LogP contribution in [-0.4, -0.2) is 29.8 Å². The van der Waals surface area contributed by atoms with Crippen molar-refractivity contribution in [3.63, 3.8) is 0 Å². The molecule has 1 saturated heterocycles. The molecule has 0 aromatic carbocycles. The predicted molar refractivity (Wildman–Crippen MR) is 75.3 cm³/mol. The smallest absolute Gasteiger partial charge is 0.137 e. The predicted octanol–water partition coefficient (Wildman–Crippen LogP) is 2.31. The Morgan fingerprint density at radius 2 is 2.32 bits per heavy atom. The first-order valence-corrected chi connectivity index (χ1v) is 7.16. The summed E-state index contributed by atoms with van der Waals surface area (Å²) in [6.07, 6.45) is 6.36. The lowest BCUT2D eigenvalue weighted by Gasteiger charge is -2.13. The van der Waals surface area contributed by atoms with Gasteiger partial charge in [-0.3, -0.25) is 4.98 Å². The second-order valence-electron chi connectivity index (χ2n) is 5.31. The van der Waals surface area contributed by atoms with Gasteiger partial charge in [-0.15, -0.1) is 0 Å². The highest BCUT2D eigenvalue weighted by Gasteiger charge is 2.22. The molecule has 2 N–H and O–H groups in total. The highest BCUT2D eigenvalue weighted by Crippen LogP contribution is 2.20. The zero-order valence-electron chi connectivity index (χ0n) is 11.8. The summed E-state index contributed by atoms with van der Waals surface area (Å²) in [5, 5.41) is 0. The molecule has 0 spiro atoms. The first kappa shape index (κ1) is 14.3. The van der Waals surface area contributed by atoms with Gasteiger partial charge in [0.15, 0.2) is 0 Å². The van der Waals surface area contributed by atoms with Crippen LogP contribution in [0.25, 0.3) is 0 Å². The van der Waals surface area contributed by atoms with Gasteiger partial charge in [0.2, 0.25) is 0 Å². The van der Waals surface area contributed by atoms with Crippen molar-refractivity contribution in [2.45, 2.75) is 57.8 Å². The number of nitrogens with two attached hydrogens (primary N) is 1. The van der Waals surface area contributed by atoms with Crippen molar-refractivity contribution < 1.29 is 9.47 Å². The van der Waals surface area contributed by atoms with Crippen molar-refractivity contribution in [1.29, 1.82) is 0 Å². The monoisotopic (exact) mass is 264 g/mol. The van der Waals surface area contributed by atoms with Gasteiger partial charge in [-0.2, -0.15) is 0 Å². The third kappa shape index (κ3) is 4.48. The topological polar surface area (TPSA) is 57.4 Å². The van der Waals surface area contributed by atoms with Crippen molar-refractivity contribution in [1.82, 2.24) is 4.98 Å². The van der Waals surface area contributed by atoms with Crippen LogP contribution in [0.5, 0.6) is 5.75 Å². The Kier molecular flexibility index (Phi) is 5.16. The zero-order chi connectivity index (χ0) is 13.7. The van der Waals surface area contributed by atoms with Crippen LogP contribution in [-0.2, 0) is 11.2 Å². The van der Waals surface area contributed by atoms with Crippen LogP contribution >= 0.6 is 0 Å². The molecule has 1 fully saturated rings. The number of ether oxygens (including phenoxy) is 2.